The highest BCUT2D eigenvalue weighted by Gasteiger charge is 2.38. The van der Waals surface area contributed by atoms with Gasteiger partial charge in [-0.1, -0.05) is 0 Å². The van der Waals surface area contributed by atoms with Crippen molar-refractivity contribution in [3.05, 3.63) is 39.2 Å². The van der Waals surface area contributed by atoms with Crippen molar-refractivity contribution in [1.82, 2.24) is 38.9 Å². The van der Waals surface area contributed by atoms with E-state index in [0.29, 0.717) is 0 Å². The molecule has 0 saturated heterocycles. The summed E-state index contributed by atoms with van der Waals surface area (Å²) in [5, 5.41) is 12.3. The quantitative estimate of drug-likeness (QED) is 0.196. The van der Waals surface area contributed by atoms with Gasteiger partial charge in [0.05, 0.1) is 12.7 Å². The van der Waals surface area contributed by atoms with Crippen molar-refractivity contribution < 1.29 is 19.2 Å². The number of carbonyl (C=O) groups excluding carboxylic acids is 4. The summed E-state index contributed by atoms with van der Waals surface area (Å²) in [5.74, 6) is -3.75. The van der Waals surface area contributed by atoms with E-state index < -0.39 is 59.7 Å². The van der Waals surface area contributed by atoms with Crippen LogP contribution >= 0.6 is 0 Å². The predicted molar refractivity (Wildman–Crippen MR) is 123 cm³/mol. The fourth-order valence-corrected chi connectivity index (χ4v) is 3.92. The molecule has 4 rings (SSSR count). The molecule has 1 unspecified atom stereocenters. The molecule has 0 radical (unpaired) electrons. The van der Waals surface area contributed by atoms with E-state index in [1.165, 1.54) is 59.3 Å². The second kappa shape index (κ2) is 8.71. The Bertz CT molecular complexity index is 1590. The number of aryl methyl sites for hydroxylation is 1. The van der Waals surface area contributed by atoms with E-state index in [4.69, 9.17) is 5.41 Å². The Labute approximate surface area is 201 Å². The SMILES string of the molecule is CC1C(=O)c2c(ncn2CC(=O)NC(=N)NC(=O)Cn2cnc3c2c(=O)n(C)c(=O)n3C)N(C)C1=O. The van der Waals surface area contributed by atoms with Crippen molar-refractivity contribution in [2.24, 2.45) is 20.0 Å². The summed E-state index contributed by atoms with van der Waals surface area (Å²) in [5.41, 5.74) is -0.989. The molecule has 0 aromatic carbocycles. The van der Waals surface area contributed by atoms with Gasteiger partial charge < -0.3 is 9.13 Å². The number of anilines is 1. The largest absolute Gasteiger partial charge is 0.332 e. The van der Waals surface area contributed by atoms with Crippen LogP contribution in [0.15, 0.2) is 22.2 Å². The van der Waals surface area contributed by atoms with Gasteiger partial charge in [0.1, 0.15) is 24.7 Å². The number of Topliss-reactive ketones (excluding diaryl/α,β-unsaturated/α-hetero) is 1. The van der Waals surface area contributed by atoms with Gasteiger partial charge in [-0.15, -0.1) is 0 Å². The van der Waals surface area contributed by atoms with Gasteiger partial charge in [-0.25, -0.2) is 14.8 Å². The van der Waals surface area contributed by atoms with E-state index in [1.807, 2.05) is 0 Å². The molecule has 16 nitrogen and oxygen atoms in total. The monoisotopic (exact) mass is 498 g/mol. The van der Waals surface area contributed by atoms with Crippen LogP contribution in [0.25, 0.3) is 11.2 Å². The molecule has 1 atom stereocenters. The second-order valence-corrected chi connectivity index (χ2v) is 8.25. The molecule has 1 aliphatic rings. The van der Waals surface area contributed by atoms with E-state index in [9.17, 15) is 28.8 Å². The summed E-state index contributed by atoms with van der Waals surface area (Å²) >= 11 is 0. The zero-order chi connectivity index (χ0) is 26.5. The second-order valence-electron chi connectivity index (χ2n) is 8.25. The number of rotatable bonds is 4. The molecule has 0 bridgehead atoms. The summed E-state index contributed by atoms with van der Waals surface area (Å²) in [6.45, 7) is 0.660. The van der Waals surface area contributed by atoms with Crippen molar-refractivity contribution in [2.75, 3.05) is 11.9 Å². The minimum absolute atomic E-state index is 0.0255. The lowest BCUT2D eigenvalue weighted by Gasteiger charge is -2.25. The molecule has 0 aliphatic carbocycles. The summed E-state index contributed by atoms with van der Waals surface area (Å²) in [7, 11) is 4.22. The zero-order valence-corrected chi connectivity index (χ0v) is 19.7. The van der Waals surface area contributed by atoms with Gasteiger partial charge in [0.15, 0.2) is 22.8 Å². The Balaban J connectivity index is 1.42. The van der Waals surface area contributed by atoms with Crippen LogP contribution in [0.4, 0.5) is 5.82 Å². The van der Waals surface area contributed by atoms with Crippen molar-refractivity contribution in [2.45, 2.75) is 20.0 Å². The minimum Gasteiger partial charge on any atom is -0.317 e. The smallest absolute Gasteiger partial charge is 0.317 e. The van der Waals surface area contributed by atoms with Crippen molar-refractivity contribution >= 4 is 46.4 Å². The van der Waals surface area contributed by atoms with E-state index >= 15 is 0 Å². The Hall–Kier alpha value is -4.89. The van der Waals surface area contributed by atoms with Crippen molar-refractivity contribution in [1.29, 1.82) is 5.41 Å². The van der Waals surface area contributed by atoms with Gasteiger partial charge in [0, 0.05) is 21.1 Å². The van der Waals surface area contributed by atoms with Crippen LogP contribution < -0.4 is 26.8 Å². The first-order valence-corrected chi connectivity index (χ1v) is 10.6. The predicted octanol–water partition coefficient (Wildman–Crippen LogP) is -2.71. The third-order valence-corrected chi connectivity index (χ3v) is 5.84. The number of imidazole rings is 2. The maximum absolute atomic E-state index is 12.5. The molecule has 188 valence electrons. The molecular weight excluding hydrogens is 476 g/mol. The van der Waals surface area contributed by atoms with Gasteiger partial charge in [-0.2, -0.15) is 0 Å². The molecule has 1 aliphatic heterocycles. The first-order chi connectivity index (χ1) is 16.9. The number of nitrogens with zero attached hydrogens (tertiary/aromatic N) is 7. The van der Waals surface area contributed by atoms with Crippen molar-refractivity contribution in [3.8, 4) is 0 Å². The molecule has 3 aromatic rings. The summed E-state index contributed by atoms with van der Waals surface area (Å²) < 4.78 is 4.54. The van der Waals surface area contributed by atoms with E-state index in [1.54, 1.807) is 0 Å². The summed E-state index contributed by atoms with van der Waals surface area (Å²) in [6, 6.07) is 0. The standard InChI is InChI=1S/C20H22N10O6/c1-9-14(33)12-15(26(2)17(9)34)22-7-29(12)5-10(31)24-19(21)25-11(32)6-30-8-23-16-13(30)18(35)28(4)20(36)27(16)3/h7-9H,5-6H2,1-4H3,(H3,21,24,25,31,32). The Morgan fingerprint density at radius 1 is 0.944 bits per heavy atom. The van der Waals surface area contributed by atoms with Crippen LogP contribution in [0.1, 0.15) is 17.4 Å². The van der Waals surface area contributed by atoms with E-state index in [0.717, 1.165) is 4.57 Å². The number of nitrogens with one attached hydrogen (secondary N) is 3. The van der Waals surface area contributed by atoms with Gasteiger partial charge in [0.25, 0.3) is 5.56 Å². The van der Waals surface area contributed by atoms with Gasteiger partial charge in [0.2, 0.25) is 23.7 Å². The highest BCUT2D eigenvalue weighted by Crippen LogP contribution is 2.28. The molecule has 36 heavy (non-hydrogen) atoms. The third-order valence-electron chi connectivity index (χ3n) is 5.84. The molecule has 3 aromatic heterocycles. The molecule has 16 heteroatoms. The van der Waals surface area contributed by atoms with Crippen LogP contribution in [-0.2, 0) is 41.6 Å². The normalized spacial score (nSPS) is 15.2. The number of hydrogen-bond donors (Lipinski definition) is 3. The van der Waals surface area contributed by atoms with Gasteiger partial charge in [-0.3, -0.25) is 54.0 Å². The summed E-state index contributed by atoms with van der Waals surface area (Å²) in [4.78, 5) is 83.3. The maximum atomic E-state index is 12.5. The van der Waals surface area contributed by atoms with E-state index in [2.05, 4.69) is 20.6 Å². The molecule has 3 amide bonds. The van der Waals surface area contributed by atoms with Gasteiger partial charge >= 0.3 is 5.69 Å². The number of amides is 3. The number of carbonyl (C=O) groups is 4. The van der Waals surface area contributed by atoms with Crippen LogP contribution in [-0.4, -0.2) is 64.7 Å². The topological polar surface area (TPSA) is 199 Å². The maximum Gasteiger partial charge on any atom is 0.332 e. The number of guanidine groups is 1. The number of ketones is 1. The van der Waals surface area contributed by atoms with Crippen LogP contribution in [0.3, 0.4) is 0 Å². The first kappa shape index (κ1) is 24.2. The number of fused-ring (bicyclic) bond motifs is 2. The lowest BCUT2D eigenvalue weighted by Crippen LogP contribution is -2.46. The zero-order valence-electron chi connectivity index (χ0n) is 19.7. The Kier molecular flexibility index (Phi) is 5.87. The molecule has 3 N–H and O–H groups in total. The van der Waals surface area contributed by atoms with Crippen LogP contribution in [0.5, 0.6) is 0 Å². The molecule has 0 saturated carbocycles. The first-order valence-electron chi connectivity index (χ1n) is 10.6. The van der Waals surface area contributed by atoms with Gasteiger partial charge in [-0.05, 0) is 6.92 Å². The highest BCUT2D eigenvalue weighted by molar-refractivity contribution is 6.20. The van der Waals surface area contributed by atoms with Crippen molar-refractivity contribution in [3.63, 3.8) is 0 Å². The minimum atomic E-state index is -0.919. The lowest BCUT2D eigenvalue weighted by atomic mass is 9.98. The molecule has 4 heterocycles. The van der Waals surface area contributed by atoms with Crippen LogP contribution in [0, 0.1) is 11.3 Å². The van der Waals surface area contributed by atoms with Crippen LogP contribution in [0.2, 0.25) is 0 Å². The third kappa shape index (κ3) is 3.87. The molecule has 0 spiro atoms. The Morgan fingerprint density at radius 2 is 1.53 bits per heavy atom. The fraction of sp³-hybridized carbons (Fsp3) is 0.350. The fourth-order valence-electron chi connectivity index (χ4n) is 3.92. The number of hydrogen-bond acceptors (Lipinski definition) is 9. The average molecular weight is 498 g/mol. The highest BCUT2D eigenvalue weighted by atomic mass is 16.2. The lowest BCUT2D eigenvalue weighted by molar-refractivity contribution is -0.121. The van der Waals surface area contributed by atoms with E-state index in [-0.39, 0.29) is 22.7 Å². The number of aromatic nitrogens is 6. The average Bonchev–Trinajstić information content (AvgIpc) is 3.42. The molecular formula is C20H22N10O6. The molecule has 0 fully saturated rings. The Morgan fingerprint density at radius 3 is 2.17 bits per heavy atom. The summed E-state index contributed by atoms with van der Waals surface area (Å²) in [6.07, 6.45) is 2.46.